The summed E-state index contributed by atoms with van der Waals surface area (Å²) >= 11 is 0. The maximum absolute atomic E-state index is 7.51. The van der Waals surface area contributed by atoms with Crippen molar-refractivity contribution in [1.82, 2.24) is 0 Å². The molecular weight excluding hydrogens is 1020 g/mol. The van der Waals surface area contributed by atoms with Gasteiger partial charge < -0.3 is 14.5 Å². The molecule has 82 heavy (non-hydrogen) atoms. The molecule has 11 aromatic carbocycles. The fourth-order valence-corrected chi connectivity index (χ4v) is 24.0. The summed E-state index contributed by atoms with van der Waals surface area (Å²) in [6.07, 6.45) is 0. The van der Waals surface area contributed by atoms with Crippen molar-refractivity contribution >= 4 is 110 Å². The van der Waals surface area contributed by atoms with Gasteiger partial charge in [0.15, 0.2) is 8.07 Å². The SMILES string of the molecule is Cc1ccccc1N(c1ccc2c(c1)B(c1c(C(C)C)cc(C(C)C)cc1C(C)C)c1ccc(N3c4ccccc4[Si]4(c5ccccc5-c5ccccc54)c4ccccc43)cc1O2)c1ccccc1[SiH]1c2ccccc2-c2ccccc21. The Morgan fingerprint density at radius 3 is 1.50 bits per heavy atom. The molecule has 0 unspecified atom stereocenters. The molecule has 4 aliphatic rings. The van der Waals surface area contributed by atoms with Gasteiger partial charge in [-0.1, -0.05) is 235 Å². The number of hydrogen-bond donors (Lipinski definition) is 0. The predicted octanol–water partition coefficient (Wildman–Crippen LogP) is 12.8. The van der Waals surface area contributed by atoms with Gasteiger partial charge in [0.2, 0.25) is 0 Å². The topological polar surface area (TPSA) is 15.7 Å². The minimum atomic E-state index is -2.74. The molecule has 0 N–H and O–H groups in total. The second kappa shape index (κ2) is 19.5. The van der Waals surface area contributed by atoms with E-state index < -0.39 is 16.9 Å². The van der Waals surface area contributed by atoms with Gasteiger partial charge in [-0.3, -0.25) is 0 Å². The zero-order valence-electron chi connectivity index (χ0n) is 47.8. The van der Waals surface area contributed by atoms with Gasteiger partial charge in [0.25, 0.3) is 6.71 Å². The summed E-state index contributed by atoms with van der Waals surface area (Å²) < 4.78 is 7.51. The van der Waals surface area contributed by atoms with Crippen LogP contribution in [0.4, 0.5) is 34.1 Å². The Balaban J connectivity index is 0.941. The molecule has 0 fully saturated rings. The molecule has 3 nitrogen and oxygen atoms in total. The Labute approximate surface area is 486 Å². The van der Waals surface area contributed by atoms with Crippen LogP contribution in [0.5, 0.6) is 11.5 Å². The lowest BCUT2D eigenvalue weighted by Crippen LogP contribution is -2.75. The minimum absolute atomic E-state index is 0.121. The van der Waals surface area contributed by atoms with Crippen LogP contribution in [0, 0.1) is 6.92 Å². The number of hydrogen-bond acceptors (Lipinski definition) is 3. The lowest BCUT2D eigenvalue weighted by molar-refractivity contribution is 0.487. The van der Waals surface area contributed by atoms with Crippen molar-refractivity contribution in [2.45, 2.75) is 66.2 Å². The Bertz CT molecular complexity index is 4220. The van der Waals surface area contributed by atoms with Crippen molar-refractivity contribution in [3.63, 3.8) is 0 Å². The molecule has 0 aromatic heterocycles. The first kappa shape index (κ1) is 50.3. The summed E-state index contributed by atoms with van der Waals surface area (Å²) in [5.41, 5.74) is 21.7. The van der Waals surface area contributed by atoms with Crippen LogP contribution in [0.15, 0.2) is 243 Å². The van der Waals surface area contributed by atoms with Gasteiger partial charge in [-0.25, -0.2) is 0 Å². The van der Waals surface area contributed by atoms with E-state index in [1.165, 1.54) is 120 Å². The molecule has 0 bridgehead atoms. The van der Waals surface area contributed by atoms with Crippen LogP contribution < -0.4 is 67.2 Å². The molecule has 15 rings (SSSR count). The lowest BCUT2D eigenvalue weighted by atomic mass is 9.33. The van der Waals surface area contributed by atoms with E-state index in [9.17, 15) is 0 Å². The highest BCUT2D eigenvalue weighted by molar-refractivity contribution is 7.23. The Kier molecular flexibility index (Phi) is 12.0. The molecule has 0 atom stereocenters. The summed E-state index contributed by atoms with van der Waals surface area (Å²) in [5, 5.41) is 10.1. The van der Waals surface area contributed by atoms with Crippen LogP contribution in [0.25, 0.3) is 22.3 Å². The maximum Gasteiger partial charge on any atom is 0.251 e. The molecule has 0 aliphatic carbocycles. The third-order valence-corrected chi connectivity index (χ3v) is 26.9. The summed E-state index contributed by atoms with van der Waals surface area (Å²) in [4.78, 5) is 5.09. The van der Waals surface area contributed by atoms with Gasteiger partial charge in [-0.05, 0) is 165 Å². The molecule has 0 saturated carbocycles. The molecule has 0 radical (unpaired) electrons. The molecule has 396 valence electrons. The number of benzene rings is 11. The molecule has 1 spiro atoms. The van der Waals surface area contributed by atoms with E-state index in [0.29, 0.717) is 5.92 Å². The van der Waals surface area contributed by atoms with Crippen LogP contribution in [0.3, 0.4) is 0 Å². The van der Waals surface area contributed by atoms with Crippen LogP contribution in [0.2, 0.25) is 0 Å². The van der Waals surface area contributed by atoms with E-state index in [1.807, 2.05) is 0 Å². The van der Waals surface area contributed by atoms with Crippen molar-refractivity contribution in [3.05, 3.63) is 265 Å². The van der Waals surface area contributed by atoms with Crippen LogP contribution in [0.1, 0.15) is 81.5 Å². The fourth-order valence-electron chi connectivity index (χ4n) is 14.9. The van der Waals surface area contributed by atoms with Gasteiger partial charge in [0.1, 0.15) is 20.3 Å². The van der Waals surface area contributed by atoms with Gasteiger partial charge in [0.05, 0.1) is 0 Å². The average Bonchev–Trinajstić information content (AvgIpc) is 1.87. The van der Waals surface area contributed by atoms with E-state index in [-0.39, 0.29) is 18.5 Å². The monoisotopic (exact) mass is 1090 g/mol. The Morgan fingerprint density at radius 1 is 0.427 bits per heavy atom. The normalized spacial score (nSPS) is 14.0. The van der Waals surface area contributed by atoms with Crippen molar-refractivity contribution in [3.8, 4) is 33.8 Å². The van der Waals surface area contributed by atoms with Gasteiger partial charge in [-0.2, -0.15) is 0 Å². The number of rotatable bonds is 9. The quantitative estimate of drug-likeness (QED) is 0.134. The van der Waals surface area contributed by atoms with E-state index in [2.05, 4.69) is 301 Å². The van der Waals surface area contributed by atoms with Gasteiger partial charge in [0, 0.05) is 40.2 Å². The summed E-state index contributed by atoms with van der Waals surface area (Å²) in [7, 11) is -4.68. The first-order valence-corrected chi connectivity index (χ1v) is 33.3. The van der Waals surface area contributed by atoms with Crippen molar-refractivity contribution in [2.75, 3.05) is 9.80 Å². The predicted molar refractivity (Wildman–Crippen MR) is 355 cm³/mol. The summed E-state index contributed by atoms with van der Waals surface area (Å²) in [6, 6.07) is 92.7. The molecule has 11 aromatic rings. The van der Waals surface area contributed by atoms with Crippen LogP contribution >= 0.6 is 0 Å². The second-order valence-corrected chi connectivity index (χ2v) is 30.4. The fraction of sp³-hybridized carbons (Fsp3) is 0.132. The molecule has 6 heteroatoms. The minimum Gasteiger partial charge on any atom is -0.458 e. The molecule has 0 amide bonds. The number of fused-ring (bicyclic) bond motifs is 14. The molecular formula is C76H65BN2OSi2. The van der Waals surface area contributed by atoms with Gasteiger partial charge >= 0.3 is 0 Å². The van der Waals surface area contributed by atoms with Gasteiger partial charge in [-0.15, -0.1) is 0 Å². The summed E-state index contributed by atoms with van der Waals surface area (Å²) in [6.45, 7) is 16.4. The molecule has 0 saturated heterocycles. The van der Waals surface area contributed by atoms with Crippen molar-refractivity contribution in [2.24, 2.45) is 0 Å². The number of para-hydroxylation sites is 4. The largest absolute Gasteiger partial charge is 0.458 e. The van der Waals surface area contributed by atoms with E-state index in [1.54, 1.807) is 0 Å². The first-order valence-electron chi connectivity index (χ1n) is 29.6. The number of anilines is 6. The zero-order chi connectivity index (χ0) is 55.5. The standard InChI is InChI=1S/C76H65BN2OSi2/c1-48(2)52-44-59(49(3)4)76(60(45-52)50(5)6)77-61-42-40-54(79-65-31-15-22-38-74(65)82(75-39-23-16-32-66(75)79)72-36-20-11-27-57(72)58-28-12-21-37-73(58)82)47-68(61)80-67-43-41-53(46-62(67)77)78(63-29-13-8-24-51(63)7)64-30-14-19-35-71(64)81-69-33-17-9-25-55(69)56-26-10-18-34-70(56)81/h8-50,81H,1-7H3. The first-order chi connectivity index (χ1) is 40.1. The number of ether oxygens (including phenoxy) is 1. The number of aryl methyl sites for hydroxylation is 1. The zero-order valence-corrected chi connectivity index (χ0v) is 49.9. The van der Waals surface area contributed by atoms with E-state index >= 15 is 0 Å². The Hall–Kier alpha value is -8.68. The average molecular weight is 1090 g/mol. The molecule has 4 heterocycles. The second-order valence-electron chi connectivity index (χ2n) is 24.1. The molecule has 4 aliphatic heterocycles. The van der Waals surface area contributed by atoms with E-state index in [0.717, 1.165) is 22.9 Å². The highest BCUT2D eigenvalue weighted by Gasteiger charge is 2.54. The third-order valence-electron chi connectivity index (χ3n) is 18.5. The number of nitrogens with zero attached hydrogens (tertiary/aromatic N) is 2. The lowest BCUT2D eigenvalue weighted by Gasteiger charge is -2.43. The summed E-state index contributed by atoms with van der Waals surface area (Å²) in [5.74, 6) is 2.75. The van der Waals surface area contributed by atoms with Crippen LogP contribution in [-0.2, 0) is 0 Å². The highest BCUT2D eigenvalue weighted by Crippen LogP contribution is 2.44. The smallest absolute Gasteiger partial charge is 0.251 e. The van der Waals surface area contributed by atoms with Crippen molar-refractivity contribution in [1.29, 1.82) is 0 Å². The Morgan fingerprint density at radius 2 is 0.927 bits per heavy atom. The maximum atomic E-state index is 7.51. The van der Waals surface area contributed by atoms with Crippen molar-refractivity contribution < 1.29 is 4.74 Å². The van der Waals surface area contributed by atoms with Crippen LogP contribution in [-0.4, -0.2) is 23.6 Å². The van der Waals surface area contributed by atoms with E-state index in [4.69, 9.17) is 4.74 Å². The highest BCUT2D eigenvalue weighted by atomic mass is 28.3. The third kappa shape index (κ3) is 7.47.